The maximum Gasteiger partial charge on any atom is 0.324 e. The first kappa shape index (κ1) is 21.9. The summed E-state index contributed by atoms with van der Waals surface area (Å²) < 4.78 is 33.2. The number of nitro groups is 1. The molecule has 30 heavy (non-hydrogen) atoms. The summed E-state index contributed by atoms with van der Waals surface area (Å²) in [4.78, 5) is 23.1. The number of non-ortho nitro benzene ring substituents is 1. The van der Waals surface area contributed by atoms with Crippen molar-refractivity contribution in [2.75, 3.05) is 6.54 Å². The van der Waals surface area contributed by atoms with Crippen molar-refractivity contribution in [3.63, 3.8) is 0 Å². The Balaban J connectivity index is 1.76. The molecule has 1 saturated heterocycles. The second-order valence-corrected chi connectivity index (χ2v) is 9.36. The van der Waals surface area contributed by atoms with Gasteiger partial charge in [0.2, 0.25) is 10.0 Å². The number of esters is 1. The van der Waals surface area contributed by atoms with Crippen molar-refractivity contribution in [1.29, 1.82) is 0 Å². The van der Waals surface area contributed by atoms with Crippen LogP contribution in [-0.2, 0) is 26.2 Å². The van der Waals surface area contributed by atoms with Crippen molar-refractivity contribution in [3.05, 3.63) is 68.8 Å². The van der Waals surface area contributed by atoms with Gasteiger partial charge in [0.05, 0.1) is 9.82 Å². The van der Waals surface area contributed by atoms with Gasteiger partial charge in [-0.1, -0.05) is 17.7 Å². The number of aryl methyl sites for hydroxylation is 3. The number of nitrogens with zero attached hydrogens (tertiary/aromatic N) is 2. The molecule has 0 unspecified atom stereocenters. The van der Waals surface area contributed by atoms with Gasteiger partial charge in [-0.05, 0) is 62.4 Å². The molecule has 1 aliphatic rings. The van der Waals surface area contributed by atoms with E-state index in [-0.39, 0.29) is 23.7 Å². The quantitative estimate of drug-likeness (QED) is 0.393. The summed E-state index contributed by atoms with van der Waals surface area (Å²) in [6.45, 7) is 5.59. The van der Waals surface area contributed by atoms with E-state index in [4.69, 9.17) is 4.74 Å². The van der Waals surface area contributed by atoms with Crippen molar-refractivity contribution < 1.29 is 22.9 Å². The molecule has 0 spiro atoms. The van der Waals surface area contributed by atoms with Gasteiger partial charge in [0.1, 0.15) is 12.6 Å². The van der Waals surface area contributed by atoms with Gasteiger partial charge in [0.25, 0.3) is 5.69 Å². The van der Waals surface area contributed by atoms with Crippen LogP contribution in [0.2, 0.25) is 0 Å². The standard InChI is InChI=1S/C21H24N2O6S/c1-14-11-15(2)20(16(3)12-14)30(27,28)22-10-4-5-19(22)21(24)29-13-17-6-8-18(9-7-17)23(25)26/h6-9,11-12,19H,4-5,10,13H2,1-3H3/t19-/m1/s1. The molecule has 0 N–H and O–H groups in total. The van der Waals surface area contributed by atoms with Gasteiger partial charge in [-0.2, -0.15) is 4.31 Å². The maximum absolute atomic E-state index is 13.3. The Morgan fingerprint density at radius 1 is 1.17 bits per heavy atom. The van der Waals surface area contributed by atoms with Crippen molar-refractivity contribution in [1.82, 2.24) is 4.31 Å². The second-order valence-electron chi connectivity index (χ2n) is 7.53. The zero-order valence-corrected chi connectivity index (χ0v) is 17.9. The molecule has 2 aromatic carbocycles. The lowest BCUT2D eigenvalue weighted by molar-refractivity contribution is -0.384. The zero-order valence-electron chi connectivity index (χ0n) is 17.1. The number of rotatable bonds is 6. The van der Waals surface area contributed by atoms with Crippen LogP contribution in [0.15, 0.2) is 41.3 Å². The summed E-state index contributed by atoms with van der Waals surface area (Å²) in [5.41, 5.74) is 2.81. The Kier molecular flexibility index (Phi) is 6.23. The molecule has 160 valence electrons. The molecule has 1 heterocycles. The average molecular weight is 432 g/mol. The lowest BCUT2D eigenvalue weighted by Gasteiger charge is -2.24. The molecule has 1 aliphatic heterocycles. The number of hydrogen-bond donors (Lipinski definition) is 0. The third kappa shape index (κ3) is 4.36. The highest BCUT2D eigenvalue weighted by molar-refractivity contribution is 7.89. The molecule has 0 amide bonds. The molecular weight excluding hydrogens is 408 g/mol. The molecule has 3 rings (SSSR count). The highest BCUT2D eigenvalue weighted by atomic mass is 32.2. The van der Waals surface area contributed by atoms with E-state index in [0.717, 1.165) is 5.56 Å². The third-order valence-corrected chi connectivity index (χ3v) is 7.39. The van der Waals surface area contributed by atoms with Crippen LogP contribution < -0.4 is 0 Å². The molecule has 9 heteroatoms. The largest absolute Gasteiger partial charge is 0.460 e. The topological polar surface area (TPSA) is 107 Å². The number of sulfonamides is 1. The van der Waals surface area contributed by atoms with Crippen LogP contribution in [0.4, 0.5) is 5.69 Å². The maximum atomic E-state index is 13.3. The van der Waals surface area contributed by atoms with Gasteiger partial charge < -0.3 is 4.74 Å². The van der Waals surface area contributed by atoms with Crippen molar-refractivity contribution in [3.8, 4) is 0 Å². The van der Waals surface area contributed by atoms with Gasteiger partial charge in [-0.3, -0.25) is 14.9 Å². The summed E-state index contributed by atoms with van der Waals surface area (Å²) >= 11 is 0. The minimum atomic E-state index is -3.85. The van der Waals surface area contributed by atoms with Crippen LogP contribution in [0.25, 0.3) is 0 Å². The molecule has 0 bridgehead atoms. The number of carbonyl (C=O) groups is 1. The van der Waals surface area contributed by atoms with Crippen LogP contribution in [0.1, 0.15) is 35.1 Å². The predicted octanol–water partition coefficient (Wildman–Crippen LogP) is 3.42. The third-order valence-electron chi connectivity index (χ3n) is 5.18. The molecule has 8 nitrogen and oxygen atoms in total. The minimum absolute atomic E-state index is 0.0537. The van der Waals surface area contributed by atoms with Crippen molar-refractivity contribution in [2.45, 2.75) is 51.2 Å². The summed E-state index contributed by atoms with van der Waals surface area (Å²) in [5.74, 6) is -0.614. The van der Waals surface area contributed by atoms with Gasteiger partial charge in [0, 0.05) is 18.7 Å². The zero-order chi connectivity index (χ0) is 22.1. The Morgan fingerprint density at radius 2 is 1.77 bits per heavy atom. The smallest absolute Gasteiger partial charge is 0.324 e. The summed E-state index contributed by atoms with van der Waals surface area (Å²) in [6.07, 6.45) is 0.961. The fourth-order valence-electron chi connectivity index (χ4n) is 3.92. The van der Waals surface area contributed by atoms with E-state index in [1.54, 1.807) is 13.8 Å². The van der Waals surface area contributed by atoms with Crippen LogP contribution in [0.5, 0.6) is 0 Å². The summed E-state index contributed by atoms with van der Waals surface area (Å²) in [6, 6.07) is 8.43. The summed E-state index contributed by atoms with van der Waals surface area (Å²) in [5, 5.41) is 10.7. The number of hydrogen-bond acceptors (Lipinski definition) is 6. The van der Waals surface area contributed by atoms with E-state index < -0.39 is 27.0 Å². The van der Waals surface area contributed by atoms with Crippen LogP contribution >= 0.6 is 0 Å². The molecule has 2 aromatic rings. The Hall–Kier alpha value is -2.78. The van der Waals surface area contributed by atoms with E-state index in [0.29, 0.717) is 29.5 Å². The van der Waals surface area contributed by atoms with Gasteiger partial charge in [-0.25, -0.2) is 8.42 Å². The number of nitro benzene ring substituents is 1. The van der Waals surface area contributed by atoms with Gasteiger partial charge in [-0.15, -0.1) is 0 Å². The highest BCUT2D eigenvalue weighted by Gasteiger charge is 2.41. The second kappa shape index (κ2) is 8.53. The molecular formula is C21H24N2O6S. The van der Waals surface area contributed by atoms with E-state index in [1.807, 2.05) is 19.1 Å². The first-order valence-corrected chi connectivity index (χ1v) is 11.0. The SMILES string of the molecule is Cc1cc(C)c(S(=O)(=O)N2CCC[C@@H]2C(=O)OCc2ccc([N+](=O)[O-])cc2)c(C)c1. The molecule has 1 atom stereocenters. The van der Waals surface area contributed by atoms with Crippen LogP contribution in [0, 0.1) is 30.9 Å². The average Bonchev–Trinajstić information content (AvgIpc) is 3.16. The van der Waals surface area contributed by atoms with Gasteiger partial charge in [0.15, 0.2) is 0 Å². The molecule has 0 aromatic heterocycles. The van der Waals surface area contributed by atoms with Crippen LogP contribution in [0.3, 0.4) is 0 Å². The Bertz CT molecular complexity index is 1060. The van der Waals surface area contributed by atoms with E-state index in [1.165, 1.54) is 28.6 Å². The lowest BCUT2D eigenvalue weighted by atomic mass is 10.1. The minimum Gasteiger partial charge on any atom is -0.460 e. The molecule has 0 radical (unpaired) electrons. The summed E-state index contributed by atoms with van der Waals surface area (Å²) in [7, 11) is -3.85. The molecule has 0 saturated carbocycles. The van der Waals surface area contributed by atoms with Crippen LogP contribution in [-0.4, -0.2) is 36.2 Å². The normalized spacial score (nSPS) is 17.1. The monoisotopic (exact) mass is 432 g/mol. The highest BCUT2D eigenvalue weighted by Crippen LogP contribution is 2.31. The number of ether oxygens (including phenoxy) is 1. The molecule has 0 aliphatic carbocycles. The fourth-order valence-corrected chi connectivity index (χ4v) is 5.98. The lowest BCUT2D eigenvalue weighted by Crippen LogP contribution is -2.41. The first-order valence-electron chi connectivity index (χ1n) is 9.61. The fraction of sp³-hybridized carbons (Fsp3) is 0.381. The van der Waals surface area contributed by atoms with Crippen molar-refractivity contribution in [2.24, 2.45) is 0 Å². The Labute approximate surface area is 175 Å². The Morgan fingerprint density at radius 3 is 2.33 bits per heavy atom. The van der Waals surface area contributed by atoms with Crippen molar-refractivity contribution >= 4 is 21.7 Å². The number of carbonyl (C=O) groups excluding carboxylic acids is 1. The molecule has 1 fully saturated rings. The van der Waals surface area contributed by atoms with E-state index in [9.17, 15) is 23.3 Å². The first-order chi connectivity index (χ1) is 14.1. The number of benzene rings is 2. The predicted molar refractivity (Wildman–Crippen MR) is 110 cm³/mol. The van der Waals surface area contributed by atoms with Gasteiger partial charge >= 0.3 is 5.97 Å². The van der Waals surface area contributed by atoms with E-state index in [2.05, 4.69) is 0 Å². The van der Waals surface area contributed by atoms with E-state index >= 15 is 0 Å².